The van der Waals surface area contributed by atoms with E-state index in [4.69, 9.17) is 5.73 Å². The summed E-state index contributed by atoms with van der Waals surface area (Å²) < 4.78 is 1.12. The molecule has 2 aromatic heterocycles. The number of amides is 2. The van der Waals surface area contributed by atoms with Gasteiger partial charge in [-0.2, -0.15) is 5.10 Å². The number of nitrogens with zero attached hydrogens (tertiary/aromatic N) is 3. The van der Waals surface area contributed by atoms with E-state index in [2.05, 4.69) is 10.4 Å². The van der Waals surface area contributed by atoms with Gasteiger partial charge in [0.05, 0.1) is 10.9 Å². The van der Waals surface area contributed by atoms with Crippen LogP contribution in [0.2, 0.25) is 0 Å². The van der Waals surface area contributed by atoms with E-state index in [1.165, 1.54) is 17.4 Å². The highest BCUT2D eigenvalue weighted by Gasteiger charge is 2.49. The Morgan fingerprint density at radius 1 is 1.34 bits per heavy atom. The second-order valence-electron chi connectivity index (χ2n) is 8.18. The van der Waals surface area contributed by atoms with E-state index < -0.39 is 11.1 Å². The van der Waals surface area contributed by atoms with Gasteiger partial charge in [0, 0.05) is 6.04 Å². The first-order chi connectivity index (χ1) is 13.8. The summed E-state index contributed by atoms with van der Waals surface area (Å²) in [4.78, 5) is 41.1. The largest absolute Gasteiger partial charge is 0.394 e. The molecular weight excluding hydrogens is 390 g/mol. The zero-order valence-electron chi connectivity index (χ0n) is 16.6. The molecule has 154 valence electrons. The minimum Gasteiger partial charge on any atom is -0.394 e. The molecule has 3 heterocycles. The van der Waals surface area contributed by atoms with Gasteiger partial charge in [0.2, 0.25) is 11.8 Å². The standard InChI is InChI=1S/C20H25N5O3S/c1-20(2)19(28)22-13-6-3-4-7-15(13)25(20)17(26)11-24-18(27)12(21)10-14(23-24)16-8-5-9-29-16/h5,8-10,13,15H,3-4,6-7,11,21H2,1-2H3,(H,22,28). The van der Waals surface area contributed by atoms with Crippen molar-refractivity contribution in [2.75, 3.05) is 5.73 Å². The third kappa shape index (κ3) is 3.43. The summed E-state index contributed by atoms with van der Waals surface area (Å²) in [7, 11) is 0. The van der Waals surface area contributed by atoms with E-state index >= 15 is 0 Å². The van der Waals surface area contributed by atoms with Crippen LogP contribution in [0.1, 0.15) is 39.5 Å². The van der Waals surface area contributed by atoms with Crippen molar-refractivity contribution in [2.45, 2.75) is 63.7 Å². The number of thiophene rings is 1. The number of hydrogen-bond donors (Lipinski definition) is 2. The molecule has 0 bridgehead atoms. The normalized spacial score (nSPS) is 23.4. The van der Waals surface area contributed by atoms with Crippen LogP contribution in [0.25, 0.3) is 10.6 Å². The molecule has 4 rings (SSSR count). The number of nitrogens with one attached hydrogen (secondary N) is 1. The fourth-order valence-electron chi connectivity index (χ4n) is 4.37. The molecule has 3 N–H and O–H groups in total. The predicted molar refractivity (Wildman–Crippen MR) is 111 cm³/mol. The van der Waals surface area contributed by atoms with Gasteiger partial charge >= 0.3 is 0 Å². The van der Waals surface area contributed by atoms with E-state index in [1.807, 2.05) is 17.5 Å². The van der Waals surface area contributed by atoms with Crippen molar-refractivity contribution in [3.63, 3.8) is 0 Å². The van der Waals surface area contributed by atoms with Crippen LogP contribution in [0.15, 0.2) is 28.4 Å². The molecule has 9 heteroatoms. The molecule has 1 aliphatic heterocycles. The van der Waals surface area contributed by atoms with Crippen LogP contribution in [0.5, 0.6) is 0 Å². The first kappa shape index (κ1) is 19.6. The average Bonchev–Trinajstić information content (AvgIpc) is 3.20. The van der Waals surface area contributed by atoms with Gasteiger partial charge in [-0.15, -0.1) is 11.3 Å². The van der Waals surface area contributed by atoms with Crippen LogP contribution in [0, 0.1) is 0 Å². The van der Waals surface area contributed by atoms with Crippen LogP contribution in [-0.4, -0.2) is 44.1 Å². The highest BCUT2D eigenvalue weighted by atomic mass is 32.1. The van der Waals surface area contributed by atoms with Crippen molar-refractivity contribution in [2.24, 2.45) is 0 Å². The molecule has 1 saturated heterocycles. The predicted octanol–water partition coefficient (Wildman–Crippen LogP) is 1.60. The minimum absolute atomic E-state index is 0.0413. The number of aromatic nitrogens is 2. The summed E-state index contributed by atoms with van der Waals surface area (Å²) in [5.41, 5.74) is 5.01. The molecule has 2 amide bonds. The Bertz CT molecular complexity index is 998. The van der Waals surface area contributed by atoms with E-state index in [0.717, 1.165) is 35.2 Å². The highest BCUT2D eigenvalue weighted by molar-refractivity contribution is 7.13. The molecule has 1 saturated carbocycles. The highest BCUT2D eigenvalue weighted by Crippen LogP contribution is 2.33. The second-order valence-corrected chi connectivity index (χ2v) is 9.13. The molecule has 0 spiro atoms. The molecule has 2 aromatic rings. The Morgan fingerprint density at radius 3 is 2.83 bits per heavy atom. The van der Waals surface area contributed by atoms with Gasteiger partial charge in [-0.25, -0.2) is 4.68 Å². The molecule has 1 aliphatic carbocycles. The van der Waals surface area contributed by atoms with Crippen LogP contribution in [-0.2, 0) is 16.1 Å². The molecule has 0 radical (unpaired) electrons. The van der Waals surface area contributed by atoms with Crippen molar-refractivity contribution < 1.29 is 9.59 Å². The van der Waals surface area contributed by atoms with Crippen LogP contribution >= 0.6 is 11.3 Å². The van der Waals surface area contributed by atoms with E-state index in [-0.39, 0.29) is 36.1 Å². The molecule has 2 aliphatic rings. The van der Waals surface area contributed by atoms with Gasteiger partial charge in [-0.05, 0) is 44.2 Å². The first-order valence-corrected chi connectivity index (χ1v) is 10.7. The van der Waals surface area contributed by atoms with Crippen molar-refractivity contribution in [1.82, 2.24) is 20.0 Å². The Labute approximate surface area is 172 Å². The maximum absolute atomic E-state index is 13.4. The van der Waals surface area contributed by atoms with Crippen molar-refractivity contribution in [1.29, 1.82) is 0 Å². The summed E-state index contributed by atoms with van der Waals surface area (Å²) in [5, 5.41) is 9.35. The Balaban J connectivity index is 1.67. The van der Waals surface area contributed by atoms with Crippen LogP contribution in [0.4, 0.5) is 5.69 Å². The SMILES string of the molecule is CC1(C)C(=O)NC2CCCCC2N1C(=O)Cn1nc(-c2cccs2)cc(N)c1=O. The van der Waals surface area contributed by atoms with Gasteiger partial charge in [-0.3, -0.25) is 14.4 Å². The van der Waals surface area contributed by atoms with Crippen LogP contribution < -0.4 is 16.6 Å². The topological polar surface area (TPSA) is 110 Å². The second kappa shape index (κ2) is 7.29. The van der Waals surface area contributed by atoms with Crippen molar-refractivity contribution in [3.05, 3.63) is 33.9 Å². The third-order valence-electron chi connectivity index (χ3n) is 5.86. The Kier molecular flexibility index (Phi) is 4.94. The Morgan fingerprint density at radius 2 is 2.10 bits per heavy atom. The summed E-state index contributed by atoms with van der Waals surface area (Å²) in [6.07, 6.45) is 3.73. The fraction of sp³-hybridized carbons (Fsp3) is 0.500. The number of rotatable bonds is 3. The van der Waals surface area contributed by atoms with E-state index in [0.29, 0.717) is 5.69 Å². The summed E-state index contributed by atoms with van der Waals surface area (Å²) >= 11 is 1.48. The maximum Gasteiger partial charge on any atom is 0.290 e. The maximum atomic E-state index is 13.4. The number of nitrogen functional groups attached to an aromatic ring is 1. The number of hydrogen-bond acceptors (Lipinski definition) is 6. The number of anilines is 1. The zero-order chi connectivity index (χ0) is 20.8. The number of piperazine rings is 1. The summed E-state index contributed by atoms with van der Waals surface area (Å²) in [6.45, 7) is 3.25. The summed E-state index contributed by atoms with van der Waals surface area (Å²) in [5.74, 6) is -0.458. The smallest absolute Gasteiger partial charge is 0.290 e. The lowest BCUT2D eigenvalue weighted by atomic mass is 9.82. The average molecular weight is 416 g/mol. The van der Waals surface area contributed by atoms with Crippen molar-refractivity contribution >= 4 is 28.8 Å². The molecule has 29 heavy (non-hydrogen) atoms. The van der Waals surface area contributed by atoms with Crippen molar-refractivity contribution in [3.8, 4) is 10.6 Å². The number of nitrogens with two attached hydrogens (primary N) is 1. The van der Waals surface area contributed by atoms with Gasteiger partial charge in [0.1, 0.15) is 23.5 Å². The third-order valence-corrected chi connectivity index (χ3v) is 6.76. The molecule has 2 atom stereocenters. The lowest BCUT2D eigenvalue weighted by Gasteiger charge is -2.52. The molecular formula is C20H25N5O3S. The molecule has 2 fully saturated rings. The zero-order valence-corrected chi connectivity index (χ0v) is 17.4. The number of carbonyl (C=O) groups is 2. The number of fused-ring (bicyclic) bond motifs is 1. The van der Waals surface area contributed by atoms with Gasteiger partial charge in [0.25, 0.3) is 5.56 Å². The monoisotopic (exact) mass is 415 g/mol. The van der Waals surface area contributed by atoms with Gasteiger partial charge in [0.15, 0.2) is 0 Å². The Hall–Kier alpha value is -2.68. The number of carbonyl (C=O) groups excluding carboxylic acids is 2. The lowest BCUT2D eigenvalue weighted by molar-refractivity contribution is -0.158. The lowest BCUT2D eigenvalue weighted by Crippen LogP contribution is -2.72. The molecule has 2 unspecified atom stereocenters. The van der Waals surface area contributed by atoms with Gasteiger partial charge in [-0.1, -0.05) is 18.9 Å². The van der Waals surface area contributed by atoms with Crippen LogP contribution in [0.3, 0.4) is 0 Å². The van der Waals surface area contributed by atoms with E-state index in [1.54, 1.807) is 18.7 Å². The first-order valence-electron chi connectivity index (χ1n) is 9.83. The minimum atomic E-state index is -0.990. The molecule has 8 nitrogen and oxygen atoms in total. The summed E-state index contributed by atoms with van der Waals surface area (Å²) in [6, 6.07) is 5.19. The van der Waals surface area contributed by atoms with E-state index in [9.17, 15) is 14.4 Å². The molecule has 0 aromatic carbocycles. The van der Waals surface area contributed by atoms with Gasteiger partial charge < -0.3 is 16.0 Å². The quantitative estimate of drug-likeness (QED) is 0.791. The fourth-order valence-corrected chi connectivity index (χ4v) is 5.05.